The van der Waals surface area contributed by atoms with Crippen molar-refractivity contribution in [3.8, 4) is 0 Å². The fourth-order valence-electron chi connectivity index (χ4n) is 3.39. The molecule has 0 saturated heterocycles. The summed E-state index contributed by atoms with van der Waals surface area (Å²) in [6, 6.07) is 10.0. The van der Waals surface area contributed by atoms with Crippen molar-refractivity contribution in [2.24, 2.45) is 4.99 Å². The maximum Gasteiger partial charge on any atom is 0.200 e. The zero-order chi connectivity index (χ0) is 19.2. The van der Waals surface area contributed by atoms with Gasteiger partial charge in [-0.15, -0.1) is 0 Å². The van der Waals surface area contributed by atoms with E-state index in [0.29, 0.717) is 5.11 Å². The van der Waals surface area contributed by atoms with Crippen molar-refractivity contribution in [1.29, 1.82) is 0 Å². The van der Waals surface area contributed by atoms with E-state index in [9.17, 15) is 0 Å². The lowest BCUT2D eigenvalue weighted by molar-refractivity contribution is 0.423. The molecule has 0 saturated carbocycles. The first-order valence-electron chi connectivity index (χ1n) is 10.7. The topological polar surface area (TPSA) is 39.7 Å². The summed E-state index contributed by atoms with van der Waals surface area (Å²) in [5.41, 5.74) is 0.995. The molecule has 27 heavy (non-hydrogen) atoms. The lowest BCUT2D eigenvalue weighted by Crippen LogP contribution is -2.43. The molecule has 0 aliphatic carbocycles. The summed E-state index contributed by atoms with van der Waals surface area (Å²) < 4.78 is 0. The van der Waals surface area contributed by atoms with Gasteiger partial charge in [0.25, 0.3) is 0 Å². The van der Waals surface area contributed by atoms with Crippen LogP contribution >= 0.6 is 12.2 Å². The van der Waals surface area contributed by atoms with Crippen LogP contribution in [-0.2, 0) is 0 Å². The number of aliphatic imine (C=N–C) groups is 1. The minimum atomic E-state index is 0.606. The van der Waals surface area contributed by atoms with Crippen molar-refractivity contribution >= 4 is 29.0 Å². The Morgan fingerprint density at radius 1 is 0.926 bits per heavy atom. The molecule has 1 aromatic rings. The predicted octanol–water partition coefficient (Wildman–Crippen LogP) is 5.57. The Bertz CT molecular complexity index is 559. The molecule has 1 aromatic carbocycles. The Hall–Kier alpha value is -1.62. The minimum absolute atomic E-state index is 0.606. The number of para-hydroxylation sites is 1. The van der Waals surface area contributed by atoms with Crippen LogP contribution in [0, 0.1) is 0 Å². The molecule has 0 amide bonds. The van der Waals surface area contributed by atoms with Gasteiger partial charge in [-0.05, 0) is 30.8 Å². The maximum atomic E-state index is 5.42. The van der Waals surface area contributed by atoms with E-state index >= 15 is 0 Å². The van der Waals surface area contributed by atoms with E-state index in [2.05, 4.69) is 27.4 Å². The number of rotatable bonds is 12. The zero-order valence-corrected chi connectivity index (χ0v) is 17.7. The normalized spacial score (nSPS) is 13.5. The Morgan fingerprint density at radius 2 is 1.56 bits per heavy atom. The summed E-state index contributed by atoms with van der Waals surface area (Å²) in [5.74, 6) is 0.916. The molecule has 4 nitrogen and oxygen atoms in total. The largest absolute Gasteiger partial charge is 0.341 e. The highest BCUT2D eigenvalue weighted by Gasteiger charge is 2.17. The van der Waals surface area contributed by atoms with E-state index in [0.717, 1.165) is 31.3 Å². The highest BCUT2D eigenvalue weighted by molar-refractivity contribution is 7.80. The number of guanidine groups is 1. The first kappa shape index (κ1) is 21.7. The van der Waals surface area contributed by atoms with Crippen LogP contribution in [0.1, 0.15) is 71.1 Å². The lowest BCUT2D eigenvalue weighted by Gasteiger charge is -2.21. The van der Waals surface area contributed by atoms with Crippen molar-refractivity contribution in [3.05, 3.63) is 30.3 Å². The molecule has 1 aliphatic heterocycles. The van der Waals surface area contributed by atoms with Crippen molar-refractivity contribution in [3.63, 3.8) is 0 Å². The van der Waals surface area contributed by atoms with Gasteiger partial charge in [0.15, 0.2) is 11.1 Å². The first-order chi connectivity index (χ1) is 13.3. The van der Waals surface area contributed by atoms with Crippen molar-refractivity contribution in [2.75, 3.05) is 25.0 Å². The average Bonchev–Trinajstić information content (AvgIpc) is 3.11. The van der Waals surface area contributed by atoms with Gasteiger partial charge < -0.3 is 15.5 Å². The van der Waals surface area contributed by atoms with Crippen LogP contribution < -0.4 is 10.6 Å². The maximum absolute atomic E-state index is 5.42. The molecule has 2 N–H and O–H groups in total. The van der Waals surface area contributed by atoms with Crippen LogP contribution in [0.3, 0.4) is 0 Å². The van der Waals surface area contributed by atoms with Gasteiger partial charge in [-0.25, -0.2) is 0 Å². The second-order valence-electron chi connectivity index (χ2n) is 7.32. The summed E-state index contributed by atoms with van der Waals surface area (Å²) in [6.45, 7) is 5.19. The summed E-state index contributed by atoms with van der Waals surface area (Å²) >= 11 is 5.42. The minimum Gasteiger partial charge on any atom is -0.341 e. The van der Waals surface area contributed by atoms with E-state index < -0.39 is 0 Å². The third-order valence-electron chi connectivity index (χ3n) is 4.97. The number of nitrogens with zero attached hydrogens (tertiary/aromatic N) is 2. The zero-order valence-electron chi connectivity index (χ0n) is 16.9. The molecular formula is C22H36N4S. The molecule has 0 fully saturated rings. The summed E-state index contributed by atoms with van der Waals surface area (Å²) in [4.78, 5) is 6.89. The third kappa shape index (κ3) is 9.23. The number of benzene rings is 1. The van der Waals surface area contributed by atoms with E-state index in [4.69, 9.17) is 12.2 Å². The SMILES string of the molecule is CCCCCCCCCCCCN1CCN=C1NC(=S)Nc1ccccc1. The molecule has 0 radical (unpaired) electrons. The molecule has 0 unspecified atom stereocenters. The third-order valence-corrected chi connectivity index (χ3v) is 5.17. The Morgan fingerprint density at radius 3 is 2.22 bits per heavy atom. The van der Waals surface area contributed by atoms with Crippen LogP contribution in [0.4, 0.5) is 5.69 Å². The predicted molar refractivity (Wildman–Crippen MR) is 122 cm³/mol. The fraction of sp³-hybridized carbons (Fsp3) is 0.636. The van der Waals surface area contributed by atoms with Gasteiger partial charge in [0, 0.05) is 18.8 Å². The molecule has 1 heterocycles. The molecule has 0 atom stereocenters. The Kier molecular flexibility index (Phi) is 10.9. The van der Waals surface area contributed by atoms with Crippen LogP contribution in [0.5, 0.6) is 0 Å². The van der Waals surface area contributed by atoms with Crippen molar-refractivity contribution in [1.82, 2.24) is 10.2 Å². The van der Waals surface area contributed by atoms with Gasteiger partial charge in [0.1, 0.15) is 0 Å². The number of nitrogens with one attached hydrogen (secondary N) is 2. The Labute approximate surface area is 170 Å². The van der Waals surface area contributed by atoms with Gasteiger partial charge >= 0.3 is 0 Å². The van der Waals surface area contributed by atoms with Crippen molar-refractivity contribution in [2.45, 2.75) is 71.1 Å². The van der Waals surface area contributed by atoms with Crippen LogP contribution in [-0.4, -0.2) is 35.6 Å². The molecule has 5 heteroatoms. The smallest absolute Gasteiger partial charge is 0.200 e. The van der Waals surface area contributed by atoms with Gasteiger partial charge in [-0.2, -0.15) is 0 Å². The quantitative estimate of drug-likeness (QED) is 0.363. The first-order valence-corrected chi connectivity index (χ1v) is 11.1. The standard InChI is InChI=1S/C22H36N4S/c1-2-3-4-5-6-7-8-9-10-14-18-26-19-17-23-21(26)25-22(27)24-20-15-12-11-13-16-20/h11-13,15-16H,2-10,14,17-19H2,1H3,(H2,23,24,25,27). The molecule has 2 rings (SSSR count). The van der Waals surface area contributed by atoms with Gasteiger partial charge in [0.2, 0.25) is 0 Å². The van der Waals surface area contributed by atoms with Gasteiger partial charge in [-0.1, -0.05) is 82.9 Å². The van der Waals surface area contributed by atoms with Gasteiger partial charge in [-0.3, -0.25) is 4.99 Å². The molecule has 0 spiro atoms. The van der Waals surface area contributed by atoms with Crippen LogP contribution in [0.25, 0.3) is 0 Å². The van der Waals surface area contributed by atoms with Crippen LogP contribution in [0.15, 0.2) is 35.3 Å². The Balaban J connectivity index is 1.53. The number of hydrogen-bond acceptors (Lipinski definition) is 3. The molecular weight excluding hydrogens is 352 g/mol. The molecule has 150 valence electrons. The van der Waals surface area contributed by atoms with E-state index in [-0.39, 0.29) is 0 Å². The van der Waals surface area contributed by atoms with E-state index in [1.54, 1.807) is 0 Å². The number of thiocarbonyl (C=S) groups is 1. The highest BCUT2D eigenvalue weighted by Crippen LogP contribution is 2.11. The number of hydrogen-bond donors (Lipinski definition) is 2. The number of anilines is 1. The number of unbranched alkanes of at least 4 members (excludes halogenated alkanes) is 9. The fourth-order valence-corrected chi connectivity index (χ4v) is 3.60. The summed E-state index contributed by atoms with van der Waals surface area (Å²) in [6.07, 6.45) is 13.7. The summed E-state index contributed by atoms with van der Waals surface area (Å²) in [5, 5.41) is 7.08. The van der Waals surface area contributed by atoms with Crippen LogP contribution in [0.2, 0.25) is 0 Å². The van der Waals surface area contributed by atoms with E-state index in [1.165, 1.54) is 64.2 Å². The summed E-state index contributed by atoms with van der Waals surface area (Å²) in [7, 11) is 0. The van der Waals surface area contributed by atoms with Gasteiger partial charge in [0.05, 0.1) is 6.54 Å². The molecule has 0 bridgehead atoms. The second kappa shape index (κ2) is 13.5. The molecule has 1 aliphatic rings. The highest BCUT2D eigenvalue weighted by atomic mass is 32.1. The average molecular weight is 389 g/mol. The monoisotopic (exact) mass is 388 g/mol. The van der Waals surface area contributed by atoms with E-state index in [1.807, 2.05) is 30.3 Å². The molecule has 0 aromatic heterocycles. The lowest BCUT2D eigenvalue weighted by atomic mass is 10.1. The van der Waals surface area contributed by atoms with Crippen molar-refractivity contribution < 1.29 is 0 Å². The second-order valence-corrected chi connectivity index (χ2v) is 7.73.